The van der Waals surface area contributed by atoms with Crippen LogP contribution < -0.4 is 4.74 Å². The Kier molecular flexibility index (Phi) is 3.38. The second-order valence-electron chi connectivity index (χ2n) is 5.32. The van der Waals surface area contributed by atoms with E-state index < -0.39 is 0 Å². The number of methoxy groups -OCH3 is 1. The van der Waals surface area contributed by atoms with Crippen LogP contribution in [0, 0.1) is 13.8 Å². The number of hydrogen-bond donors (Lipinski definition) is 0. The number of rotatable bonds is 3. The Morgan fingerprint density at radius 2 is 1.95 bits per heavy atom. The van der Waals surface area contributed by atoms with Crippen LogP contribution in [0.2, 0.25) is 5.15 Å². The van der Waals surface area contributed by atoms with Crippen LogP contribution in [0.1, 0.15) is 35.7 Å². The zero-order chi connectivity index (χ0) is 14.3. The molecule has 1 aliphatic rings. The summed E-state index contributed by atoms with van der Waals surface area (Å²) in [7, 11) is 1.67. The first-order valence-corrected chi connectivity index (χ1v) is 7.17. The molecule has 2 aromatic rings. The summed E-state index contributed by atoms with van der Waals surface area (Å²) in [6, 6.07) is 6.08. The van der Waals surface area contributed by atoms with E-state index in [9.17, 15) is 0 Å². The summed E-state index contributed by atoms with van der Waals surface area (Å²) in [6.45, 7) is 4.01. The third-order valence-electron chi connectivity index (χ3n) is 3.66. The molecule has 0 radical (unpaired) electrons. The van der Waals surface area contributed by atoms with Crippen molar-refractivity contribution in [2.24, 2.45) is 0 Å². The molecule has 0 N–H and O–H groups in total. The lowest BCUT2D eigenvalue weighted by atomic mass is 10.0. The summed E-state index contributed by atoms with van der Waals surface area (Å²) in [5.41, 5.74) is 3.94. The largest absolute Gasteiger partial charge is 0.496 e. The third kappa shape index (κ3) is 2.38. The maximum atomic E-state index is 6.28. The predicted molar refractivity (Wildman–Crippen MR) is 80.5 cm³/mol. The molecule has 0 atom stereocenters. The summed E-state index contributed by atoms with van der Waals surface area (Å²) < 4.78 is 5.46. The van der Waals surface area contributed by atoms with E-state index >= 15 is 0 Å². The van der Waals surface area contributed by atoms with Gasteiger partial charge in [0.25, 0.3) is 0 Å². The zero-order valence-corrected chi connectivity index (χ0v) is 12.7. The summed E-state index contributed by atoms with van der Waals surface area (Å²) in [6.07, 6.45) is 2.31. The Labute approximate surface area is 124 Å². The Morgan fingerprint density at radius 1 is 1.20 bits per heavy atom. The van der Waals surface area contributed by atoms with Gasteiger partial charge >= 0.3 is 0 Å². The average Bonchev–Trinajstić information content (AvgIpc) is 3.26. The highest BCUT2D eigenvalue weighted by Crippen LogP contribution is 2.41. The highest BCUT2D eigenvalue weighted by Gasteiger charge is 2.28. The first kappa shape index (κ1) is 13.4. The molecule has 104 valence electrons. The summed E-state index contributed by atoms with van der Waals surface area (Å²) in [5, 5.41) is 0.542. The van der Waals surface area contributed by atoms with Crippen molar-refractivity contribution in [1.82, 2.24) is 9.97 Å². The number of nitrogens with zero attached hydrogens (tertiary/aromatic N) is 2. The van der Waals surface area contributed by atoms with Crippen LogP contribution >= 0.6 is 11.6 Å². The Balaban J connectivity index is 2.20. The Bertz CT molecular complexity index is 666. The quantitative estimate of drug-likeness (QED) is 0.790. The van der Waals surface area contributed by atoms with Crippen molar-refractivity contribution in [2.45, 2.75) is 32.6 Å². The lowest BCUT2D eigenvalue weighted by molar-refractivity contribution is 0.416. The molecule has 0 amide bonds. The molecule has 1 aliphatic carbocycles. The number of hydrogen-bond acceptors (Lipinski definition) is 3. The average molecular weight is 289 g/mol. The second kappa shape index (κ2) is 5.06. The fourth-order valence-corrected chi connectivity index (χ4v) is 2.47. The van der Waals surface area contributed by atoms with Gasteiger partial charge in [0, 0.05) is 17.0 Å². The van der Waals surface area contributed by atoms with Crippen molar-refractivity contribution in [3.05, 3.63) is 40.3 Å². The van der Waals surface area contributed by atoms with Gasteiger partial charge in [-0.3, -0.25) is 0 Å². The zero-order valence-electron chi connectivity index (χ0n) is 11.9. The van der Waals surface area contributed by atoms with E-state index in [-0.39, 0.29) is 0 Å². The SMILES string of the molecule is COc1ccc(C)cc1-c1nc(C2CC2)nc(Cl)c1C. The predicted octanol–water partition coefficient (Wildman–Crippen LogP) is 4.30. The van der Waals surface area contributed by atoms with Crippen molar-refractivity contribution in [3.8, 4) is 17.0 Å². The minimum Gasteiger partial charge on any atom is -0.496 e. The molecule has 0 spiro atoms. The van der Waals surface area contributed by atoms with E-state index in [1.807, 2.05) is 19.1 Å². The van der Waals surface area contributed by atoms with E-state index in [0.717, 1.165) is 41.2 Å². The number of aromatic nitrogens is 2. The van der Waals surface area contributed by atoms with Gasteiger partial charge in [-0.15, -0.1) is 0 Å². The standard InChI is InChI=1S/C16H17ClN2O/c1-9-4-7-13(20-3)12(8-9)14-10(2)15(17)19-16(18-14)11-5-6-11/h4,7-8,11H,5-6H2,1-3H3. The molecule has 1 aromatic heterocycles. The van der Waals surface area contributed by atoms with Gasteiger partial charge < -0.3 is 4.74 Å². The molecule has 0 aliphatic heterocycles. The highest BCUT2D eigenvalue weighted by molar-refractivity contribution is 6.30. The van der Waals surface area contributed by atoms with Gasteiger partial charge in [-0.25, -0.2) is 9.97 Å². The van der Waals surface area contributed by atoms with E-state index in [1.165, 1.54) is 5.56 Å². The normalized spacial score (nSPS) is 14.4. The maximum Gasteiger partial charge on any atom is 0.136 e. The van der Waals surface area contributed by atoms with Gasteiger partial charge in [0.2, 0.25) is 0 Å². The smallest absolute Gasteiger partial charge is 0.136 e. The molecule has 3 rings (SSSR count). The molecule has 1 saturated carbocycles. The van der Waals surface area contributed by atoms with Crippen LogP contribution in [0.3, 0.4) is 0 Å². The minimum atomic E-state index is 0.475. The molecule has 1 fully saturated rings. The first-order chi connectivity index (χ1) is 9.60. The van der Waals surface area contributed by atoms with E-state index in [0.29, 0.717) is 11.1 Å². The van der Waals surface area contributed by atoms with Crippen molar-refractivity contribution < 1.29 is 4.74 Å². The van der Waals surface area contributed by atoms with Crippen LogP contribution in [0.5, 0.6) is 5.75 Å². The third-order valence-corrected chi connectivity index (χ3v) is 4.02. The van der Waals surface area contributed by atoms with Crippen molar-refractivity contribution in [3.63, 3.8) is 0 Å². The van der Waals surface area contributed by atoms with Crippen LogP contribution in [0.4, 0.5) is 0 Å². The van der Waals surface area contributed by atoms with Crippen molar-refractivity contribution in [2.75, 3.05) is 7.11 Å². The lowest BCUT2D eigenvalue weighted by Crippen LogP contribution is -2.01. The molecular formula is C16H17ClN2O. The minimum absolute atomic E-state index is 0.475. The fraction of sp³-hybridized carbons (Fsp3) is 0.375. The highest BCUT2D eigenvalue weighted by atomic mass is 35.5. The van der Waals surface area contributed by atoms with Crippen LogP contribution in [-0.4, -0.2) is 17.1 Å². The Morgan fingerprint density at radius 3 is 2.60 bits per heavy atom. The molecule has 3 nitrogen and oxygen atoms in total. The molecule has 0 unspecified atom stereocenters. The van der Waals surface area contributed by atoms with Gasteiger partial charge in [0.1, 0.15) is 16.7 Å². The van der Waals surface area contributed by atoms with Crippen molar-refractivity contribution in [1.29, 1.82) is 0 Å². The fourth-order valence-electron chi connectivity index (χ4n) is 2.30. The number of ether oxygens (including phenoxy) is 1. The number of halogens is 1. The maximum absolute atomic E-state index is 6.28. The summed E-state index contributed by atoms with van der Waals surface area (Å²) in [5.74, 6) is 2.15. The monoisotopic (exact) mass is 288 g/mol. The van der Waals surface area contributed by atoms with Gasteiger partial charge in [-0.1, -0.05) is 23.2 Å². The Hall–Kier alpha value is -1.61. The molecule has 0 bridgehead atoms. The summed E-state index contributed by atoms with van der Waals surface area (Å²) in [4.78, 5) is 9.15. The van der Waals surface area contributed by atoms with Crippen molar-refractivity contribution >= 4 is 11.6 Å². The van der Waals surface area contributed by atoms with Crippen LogP contribution in [0.25, 0.3) is 11.3 Å². The van der Waals surface area contributed by atoms with Gasteiger partial charge in [-0.2, -0.15) is 0 Å². The van der Waals surface area contributed by atoms with E-state index in [4.69, 9.17) is 21.3 Å². The van der Waals surface area contributed by atoms with E-state index in [2.05, 4.69) is 18.0 Å². The first-order valence-electron chi connectivity index (χ1n) is 6.79. The van der Waals surface area contributed by atoms with E-state index in [1.54, 1.807) is 7.11 Å². The molecule has 20 heavy (non-hydrogen) atoms. The van der Waals surface area contributed by atoms with Crippen LogP contribution in [-0.2, 0) is 0 Å². The van der Waals surface area contributed by atoms with Gasteiger partial charge in [0.05, 0.1) is 12.8 Å². The molecule has 0 saturated heterocycles. The lowest BCUT2D eigenvalue weighted by Gasteiger charge is -2.13. The summed E-state index contributed by atoms with van der Waals surface area (Å²) >= 11 is 6.28. The van der Waals surface area contributed by atoms with Gasteiger partial charge in [-0.05, 0) is 38.8 Å². The topological polar surface area (TPSA) is 35.0 Å². The number of aryl methyl sites for hydroxylation is 1. The molecule has 1 aromatic carbocycles. The second-order valence-corrected chi connectivity index (χ2v) is 5.68. The van der Waals surface area contributed by atoms with Gasteiger partial charge in [0.15, 0.2) is 0 Å². The number of benzene rings is 1. The molecular weight excluding hydrogens is 272 g/mol. The molecule has 4 heteroatoms. The van der Waals surface area contributed by atoms with Crippen LogP contribution in [0.15, 0.2) is 18.2 Å². The molecule has 1 heterocycles.